The molecular weight excluding hydrogens is 383 g/mol. The fourth-order valence-electron chi connectivity index (χ4n) is 2.82. The summed E-state index contributed by atoms with van der Waals surface area (Å²) in [5.41, 5.74) is 2.57. The summed E-state index contributed by atoms with van der Waals surface area (Å²) in [6.07, 6.45) is -1.81. The van der Waals surface area contributed by atoms with Crippen LogP contribution in [0.3, 0.4) is 0 Å². The predicted octanol–water partition coefficient (Wildman–Crippen LogP) is 3.62. The van der Waals surface area contributed by atoms with Gasteiger partial charge in [-0.15, -0.1) is 0 Å². The second-order valence-corrected chi connectivity index (χ2v) is 6.63. The third-order valence-electron chi connectivity index (χ3n) is 4.62. The molecule has 1 aliphatic carbocycles. The van der Waals surface area contributed by atoms with Gasteiger partial charge in [0, 0.05) is 6.07 Å². The van der Waals surface area contributed by atoms with Crippen LogP contribution in [0.1, 0.15) is 30.5 Å². The number of pyridine rings is 1. The second-order valence-electron chi connectivity index (χ2n) is 6.63. The predicted molar refractivity (Wildman–Crippen MR) is 91.5 cm³/mol. The Morgan fingerprint density at radius 3 is 2.50 bits per heavy atom. The Balaban J connectivity index is 1.74. The van der Waals surface area contributed by atoms with E-state index in [4.69, 9.17) is 5.73 Å². The van der Waals surface area contributed by atoms with Gasteiger partial charge >= 0.3 is 6.18 Å². The average molecular weight is 400 g/mol. The Kier molecular flexibility index (Phi) is 5.24. The van der Waals surface area contributed by atoms with E-state index in [1.165, 1.54) is 0 Å². The van der Waals surface area contributed by atoms with Gasteiger partial charge < -0.3 is 16.4 Å². The maximum atomic E-state index is 14.2. The van der Waals surface area contributed by atoms with E-state index < -0.39 is 40.5 Å². The third kappa shape index (κ3) is 4.06. The quantitative estimate of drug-likeness (QED) is 0.670. The molecule has 1 aromatic carbocycles. The largest absolute Gasteiger partial charge is 0.418 e. The lowest BCUT2D eigenvalue weighted by molar-refractivity contribution is -0.137. The smallest absolute Gasteiger partial charge is 0.351 e. The van der Waals surface area contributed by atoms with E-state index in [2.05, 4.69) is 15.6 Å². The molecule has 1 fully saturated rings. The molecule has 1 saturated carbocycles. The number of carbonyl (C=O) groups is 1. The monoisotopic (exact) mass is 400 g/mol. The second kappa shape index (κ2) is 7.34. The number of nitrogens with two attached hydrogens (primary N) is 1. The molecule has 0 bridgehead atoms. The van der Waals surface area contributed by atoms with Gasteiger partial charge in [0.15, 0.2) is 0 Å². The number of rotatable bonds is 5. The number of amides is 1. The molecule has 1 aliphatic rings. The van der Waals surface area contributed by atoms with E-state index in [0.29, 0.717) is 18.9 Å². The number of aromatic nitrogens is 1. The van der Waals surface area contributed by atoms with Gasteiger partial charge in [-0.1, -0.05) is 6.07 Å². The molecule has 5 nitrogen and oxygen atoms in total. The molecule has 3 rings (SSSR count). The first-order valence-corrected chi connectivity index (χ1v) is 8.44. The zero-order valence-corrected chi connectivity index (χ0v) is 14.5. The highest BCUT2D eigenvalue weighted by atomic mass is 19.4. The fraction of sp³-hybridized carbons (Fsp3) is 0.333. The first-order chi connectivity index (χ1) is 13.1. The Bertz CT molecular complexity index is 896. The highest BCUT2D eigenvalue weighted by molar-refractivity contribution is 5.86. The van der Waals surface area contributed by atoms with Crippen molar-refractivity contribution in [1.82, 2.24) is 10.3 Å². The average Bonchev–Trinajstić information content (AvgIpc) is 2.59. The number of benzene rings is 1. The SMILES string of the molecule is NC1(C(=O)NCc2ncc(Nc3c(F)cccc3C(F)(F)F)cc2F)CCC1. The van der Waals surface area contributed by atoms with Gasteiger partial charge in [0.25, 0.3) is 0 Å². The van der Waals surface area contributed by atoms with Crippen molar-refractivity contribution in [3.05, 3.63) is 53.4 Å². The van der Waals surface area contributed by atoms with E-state index in [-0.39, 0.29) is 17.9 Å². The van der Waals surface area contributed by atoms with Gasteiger partial charge in [0.05, 0.1) is 40.9 Å². The Morgan fingerprint density at radius 2 is 1.93 bits per heavy atom. The van der Waals surface area contributed by atoms with Crippen LogP contribution in [0.5, 0.6) is 0 Å². The van der Waals surface area contributed by atoms with Crippen molar-refractivity contribution in [1.29, 1.82) is 0 Å². The van der Waals surface area contributed by atoms with Gasteiger partial charge in [0.1, 0.15) is 11.6 Å². The van der Waals surface area contributed by atoms with Crippen LogP contribution < -0.4 is 16.4 Å². The lowest BCUT2D eigenvalue weighted by Crippen LogP contribution is -2.58. The first-order valence-electron chi connectivity index (χ1n) is 8.44. The molecule has 0 radical (unpaired) electrons. The maximum absolute atomic E-state index is 14.2. The minimum absolute atomic E-state index is 0.119. The molecule has 1 heterocycles. The van der Waals surface area contributed by atoms with Crippen LogP contribution in [0.2, 0.25) is 0 Å². The molecule has 10 heteroatoms. The number of hydrogen-bond acceptors (Lipinski definition) is 4. The van der Waals surface area contributed by atoms with Crippen molar-refractivity contribution in [3.8, 4) is 0 Å². The van der Waals surface area contributed by atoms with Crippen LogP contribution in [0.4, 0.5) is 33.3 Å². The van der Waals surface area contributed by atoms with Gasteiger partial charge in [-0.2, -0.15) is 13.2 Å². The summed E-state index contributed by atoms with van der Waals surface area (Å²) in [6, 6.07) is 3.37. The highest BCUT2D eigenvalue weighted by Crippen LogP contribution is 2.37. The molecule has 2 aromatic rings. The molecule has 0 saturated heterocycles. The zero-order valence-electron chi connectivity index (χ0n) is 14.5. The lowest BCUT2D eigenvalue weighted by Gasteiger charge is -2.36. The van der Waals surface area contributed by atoms with Crippen LogP contribution in [-0.4, -0.2) is 16.4 Å². The van der Waals surface area contributed by atoms with E-state index in [1.54, 1.807) is 0 Å². The topological polar surface area (TPSA) is 80.0 Å². The normalized spacial score (nSPS) is 15.6. The maximum Gasteiger partial charge on any atom is 0.418 e. The summed E-state index contributed by atoms with van der Waals surface area (Å²) in [5.74, 6) is -2.42. The molecule has 1 aromatic heterocycles. The number of anilines is 2. The number of para-hydroxylation sites is 1. The van der Waals surface area contributed by atoms with Crippen molar-refractivity contribution in [2.45, 2.75) is 37.5 Å². The van der Waals surface area contributed by atoms with Crippen LogP contribution in [-0.2, 0) is 17.5 Å². The Hall–Kier alpha value is -2.75. The number of nitrogens with zero attached hydrogens (tertiary/aromatic N) is 1. The van der Waals surface area contributed by atoms with Crippen LogP contribution in [0, 0.1) is 11.6 Å². The van der Waals surface area contributed by atoms with Crippen LogP contribution in [0.15, 0.2) is 30.5 Å². The summed E-state index contributed by atoms with van der Waals surface area (Å²) >= 11 is 0. The summed E-state index contributed by atoms with van der Waals surface area (Å²) in [6.45, 7) is -0.225. The minimum atomic E-state index is -4.79. The van der Waals surface area contributed by atoms with Gasteiger partial charge in [0.2, 0.25) is 5.91 Å². The van der Waals surface area contributed by atoms with E-state index in [9.17, 15) is 26.7 Å². The standard InChI is InChI=1S/C18H17F5N4O/c19-12-4-1-3-11(18(21,22)23)15(12)27-10-7-13(20)14(25-8-10)9-26-16(28)17(24)5-2-6-17/h1,3-4,7-8,27H,2,5-6,9,24H2,(H,26,28). The van der Waals surface area contributed by atoms with E-state index in [0.717, 1.165) is 30.8 Å². The van der Waals surface area contributed by atoms with E-state index in [1.807, 2.05) is 0 Å². The van der Waals surface area contributed by atoms with Crippen LogP contribution >= 0.6 is 0 Å². The first kappa shape index (κ1) is 20.0. The van der Waals surface area contributed by atoms with Gasteiger partial charge in [-0.25, -0.2) is 8.78 Å². The van der Waals surface area contributed by atoms with Crippen molar-refractivity contribution in [3.63, 3.8) is 0 Å². The number of nitrogens with one attached hydrogen (secondary N) is 2. The van der Waals surface area contributed by atoms with Gasteiger partial charge in [-0.05, 0) is 31.4 Å². The van der Waals surface area contributed by atoms with Crippen molar-refractivity contribution < 1.29 is 26.7 Å². The van der Waals surface area contributed by atoms with E-state index >= 15 is 0 Å². The Labute approximate surface area is 157 Å². The van der Waals surface area contributed by atoms with Crippen LogP contribution in [0.25, 0.3) is 0 Å². The molecule has 0 spiro atoms. The van der Waals surface area contributed by atoms with Gasteiger partial charge in [-0.3, -0.25) is 9.78 Å². The van der Waals surface area contributed by atoms with Crippen molar-refractivity contribution in [2.24, 2.45) is 5.73 Å². The number of alkyl halides is 3. The minimum Gasteiger partial charge on any atom is -0.351 e. The molecule has 28 heavy (non-hydrogen) atoms. The summed E-state index contributed by atoms with van der Waals surface area (Å²) in [4.78, 5) is 15.8. The highest BCUT2D eigenvalue weighted by Gasteiger charge is 2.40. The molecule has 0 unspecified atom stereocenters. The number of halogens is 5. The molecule has 0 aliphatic heterocycles. The molecular formula is C18H17F5N4O. The summed E-state index contributed by atoms with van der Waals surface area (Å²) < 4.78 is 67.2. The molecule has 0 atom stereocenters. The number of carbonyl (C=O) groups excluding carboxylic acids is 1. The van der Waals surface area contributed by atoms with Crippen molar-refractivity contribution in [2.75, 3.05) is 5.32 Å². The summed E-state index contributed by atoms with van der Waals surface area (Å²) in [7, 11) is 0. The Morgan fingerprint density at radius 1 is 1.21 bits per heavy atom. The molecule has 150 valence electrons. The number of hydrogen-bond donors (Lipinski definition) is 3. The fourth-order valence-corrected chi connectivity index (χ4v) is 2.82. The molecule has 4 N–H and O–H groups in total. The summed E-state index contributed by atoms with van der Waals surface area (Å²) in [5, 5.41) is 4.71. The molecule has 1 amide bonds. The zero-order chi connectivity index (χ0) is 20.5. The third-order valence-corrected chi connectivity index (χ3v) is 4.62. The van der Waals surface area contributed by atoms with Crippen molar-refractivity contribution >= 4 is 17.3 Å². The lowest BCUT2D eigenvalue weighted by atomic mass is 9.77.